The molecule has 120 valence electrons. The fraction of sp³-hybridized carbons (Fsp3) is 0.867. The van der Waals surface area contributed by atoms with Crippen LogP contribution in [0.1, 0.15) is 19.8 Å². The zero-order valence-electron chi connectivity index (χ0n) is 13.4. The highest BCUT2D eigenvalue weighted by molar-refractivity contribution is 7.99. The molecule has 0 radical (unpaired) electrons. The Balaban J connectivity index is 1.93. The Morgan fingerprint density at radius 2 is 1.76 bits per heavy atom. The fourth-order valence-electron chi connectivity index (χ4n) is 3.33. The van der Waals surface area contributed by atoms with Crippen LogP contribution in [0.3, 0.4) is 0 Å². The van der Waals surface area contributed by atoms with Crippen molar-refractivity contribution in [3.8, 4) is 0 Å². The van der Waals surface area contributed by atoms with Crippen molar-refractivity contribution in [2.45, 2.75) is 19.8 Å². The van der Waals surface area contributed by atoms with Crippen molar-refractivity contribution >= 4 is 23.6 Å². The summed E-state index contributed by atoms with van der Waals surface area (Å²) < 4.78 is 0. The van der Waals surface area contributed by atoms with E-state index >= 15 is 0 Å². The predicted molar refractivity (Wildman–Crippen MR) is 86.4 cm³/mol. The van der Waals surface area contributed by atoms with Crippen molar-refractivity contribution in [3.05, 3.63) is 0 Å². The van der Waals surface area contributed by atoms with E-state index in [1.54, 1.807) is 11.8 Å². The van der Waals surface area contributed by atoms with Crippen molar-refractivity contribution < 1.29 is 9.59 Å². The molecular weight excluding hydrogens is 286 g/mol. The average molecular weight is 313 g/mol. The maximum Gasteiger partial charge on any atom is 0.232 e. The van der Waals surface area contributed by atoms with Crippen LogP contribution in [0.5, 0.6) is 0 Å². The smallest absolute Gasteiger partial charge is 0.232 e. The van der Waals surface area contributed by atoms with Crippen LogP contribution in [0.25, 0.3) is 0 Å². The minimum Gasteiger partial charge on any atom is -0.340 e. The standard InChI is InChI=1S/C15H27N3O2S/c1-15(5-8-16(2)12-15)14(20)18-7-4-6-17(9-10-18)13(19)11-21-3/h4-12H2,1-3H3. The van der Waals surface area contributed by atoms with Crippen LogP contribution in [0.4, 0.5) is 0 Å². The second kappa shape index (κ2) is 7.01. The first-order valence-corrected chi connectivity index (χ1v) is 9.10. The Morgan fingerprint density at radius 3 is 2.38 bits per heavy atom. The first-order valence-electron chi connectivity index (χ1n) is 7.71. The molecule has 0 aromatic rings. The number of carbonyl (C=O) groups excluding carboxylic acids is 2. The van der Waals surface area contributed by atoms with E-state index in [-0.39, 0.29) is 17.2 Å². The summed E-state index contributed by atoms with van der Waals surface area (Å²) in [5.74, 6) is 1.01. The van der Waals surface area contributed by atoms with Crippen LogP contribution < -0.4 is 0 Å². The van der Waals surface area contributed by atoms with Crippen LogP contribution in [-0.2, 0) is 9.59 Å². The lowest BCUT2D eigenvalue weighted by Crippen LogP contribution is -2.45. The lowest BCUT2D eigenvalue weighted by molar-refractivity contribution is -0.140. The summed E-state index contributed by atoms with van der Waals surface area (Å²) in [4.78, 5) is 30.9. The molecule has 2 aliphatic rings. The second-order valence-electron chi connectivity index (χ2n) is 6.51. The summed E-state index contributed by atoms with van der Waals surface area (Å²) in [6.07, 6.45) is 3.77. The molecule has 2 fully saturated rings. The van der Waals surface area contributed by atoms with E-state index in [1.807, 2.05) is 16.1 Å². The van der Waals surface area contributed by atoms with E-state index in [2.05, 4.69) is 18.9 Å². The van der Waals surface area contributed by atoms with Gasteiger partial charge in [0.25, 0.3) is 0 Å². The molecule has 2 saturated heterocycles. The molecule has 6 heteroatoms. The highest BCUT2D eigenvalue weighted by Gasteiger charge is 2.41. The lowest BCUT2D eigenvalue weighted by atomic mass is 9.88. The van der Waals surface area contributed by atoms with Crippen LogP contribution in [0.2, 0.25) is 0 Å². The number of amides is 2. The minimum absolute atomic E-state index is 0.198. The van der Waals surface area contributed by atoms with Gasteiger partial charge in [-0.25, -0.2) is 0 Å². The van der Waals surface area contributed by atoms with Crippen LogP contribution in [-0.4, -0.2) is 84.8 Å². The summed E-state index contributed by atoms with van der Waals surface area (Å²) in [7, 11) is 2.07. The highest BCUT2D eigenvalue weighted by atomic mass is 32.2. The van der Waals surface area contributed by atoms with E-state index in [4.69, 9.17) is 0 Å². The van der Waals surface area contributed by atoms with Gasteiger partial charge in [-0.15, -0.1) is 0 Å². The first kappa shape index (κ1) is 16.6. The van der Waals surface area contributed by atoms with Gasteiger partial charge in [-0.2, -0.15) is 11.8 Å². The SMILES string of the molecule is CSCC(=O)N1CCCN(C(=O)C2(C)CCN(C)C2)CC1. The lowest BCUT2D eigenvalue weighted by Gasteiger charge is -2.31. The monoisotopic (exact) mass is 313 g/mol. The van der Waals surface area contributed by atoms with Crippen molar-refractivity contribution in [1.29, 1.82) is 0 Å². The summed E-state index contributed by atoms with van der Waals surface area (Å²) >= 11 is 1.56. The number of nitrogens with zero attached hydrogens (tertiary/aromatic N) is 3. The van der Waals surface area contributed by atoms with Gasteiger partial charge >= 0.3 is 0 Å². The van der Waals surface area contributed by atoms with E-state index in [1.165, 1.54) is 0 Å². The molecule has 2 amide bonds. The zero-order chi connectivity index (χ0) is 15.5. The van der Waals surface area contributed by atoms with Gasteiger partial charge in [0.2, 0.25) is 11.8 Å². The molecule has 1 unspecified atom stereocenters. The van der Waals surface area contributed by atoms with Crippen LogP contribution >= 0.6 is 11.8 Å². The van der Waals surface area contributed by atoms with E-state index in [0.29, 0.717) is 18.8 Å². The largest absolute Gasteiger partial charge is 0.340 e. The van der Waals surface area contributed by atoms with Gasteiger partial charge in [0.05, 0.1) is 11.2 Å². The Hall–Kier alpha value is -0.750. The van der Waals surface area contributed by atoms with Crippen molar-refractivity contribution in [2.24, 2.45) is 5.41 Å². The molecule has 0 aromatic heterocycles. The minimum atomic E-state index is -0.243. The van der Waals surface area contributed by atoms with Gasteiger partial charge in [0, 0.05) is 32.7 Å². The summed E-state index contributed by atoms with van der Waals surface area (Å²) in [6.45, 7) is 6.84. The molecule has 2 aliphatic heterocycles. The maximum atomic E-state index is 12.8. The molecule has 0 saturated carbocycles. The second-order valence-corrected chi connectivity index (χ2v) is 7.37. The molecule has 0 spiro atoms. The Bertz CT molecular complexity index is 404. The van der Waals surface area contributed by atoms with Crippen LogP contribution in [0.15, 0.2) is 0 Å². The van der Waals surface area contributed by atoms with Gasteiger partial charge < -0.3 is 14.7 Å². The molecular formula is C15H27N3O2S. The summed E-state index contributed by atoms with van der Waals surface area (Å²) in [5, 5.41) is 0. The van der Waals surface area contributed by atoms with Gasteiger partial charge in [-0.3, -0.25) is 9.59 Å². The Labute approximate surface area is 132 Å². The molecule has 21 heavy (non-hydrogen) atoms. The normalized spacial score (nSPS) is 27.8. The summed E-state index contributed by atoms with van der Waals surface area (Å²) in [5.41, 5.74) is -0.243. The van der Waals surface area contributed by atoms with Crippen molar-refractivity contribution in [2.75, 3.05) is 58.3 Å². The third-order valence-electron chi connectivity index (χ3n) is 4.58. The van der Waals surface area contributed by atoms with Crippen molar-refractivity contribution in [1.82, 2.24) is 14.7 Å². The number of hydrogen-bond donors (Lipinski definition) is 0. The Morgan fingerprint density at radius 1 is 1.10 bits per heavy atom. The first-order chi connectivity index (χ1) is 9.96. The fourth-order valence-corrected chi connectivity index (χ4v) is 3.76. The molecule has 0 N–H and O–H groups in total. The van der Waals surface area contributed by atoms with Crippen LogP contribution in [0, 0.1) is 5.41 Å². The van der Waals surface area contributed by atoms with Gasteiger partial charge in [-0.1, -0.05) is 0 Å². The molecule has 0 aromatic carbocycles. The molecule has 0 aliphatic carbocycles. The van der Waals surface area contributed by atoms with Gasteiger partial charge in [0.1, 0.15) is 0 Å². The van der Waals surface area contributed by atoms with Crippen molar-refractivity contribution in [3.63, 3.8) is 0 Å². The molecule has 0 bridgehead atoms. The average Bonchev–Trinajstić information content (AvgIpc) is 2.67. The summed E-state index contributed by atoms with van der Waals surface area (Å²) in [6, 6.07) is 0. The maximum absolute atomic E-state index is 12.8. The third-order valence-corrected chi connectivity index (χ3v) is 5.12. The van der Waals surface area contributed by atoms with Gasteiger partial charge in [0.15, 0.2) is 0 Å². The zero-order valence-corrected chi connectivity index (χ0v) is 14.2. The van der Waals surface area contributed by atoms with Gasteiger partial charge in [-0.05, 0) is 39.6 Å². The topological polar surface area (TPSA) is 43.9 Å². The number of thioether (sulfide) groups is 1. The highest BCUT2D eigenvalue weighted by Crippen LogP contribution is 2.31. The number of carbonyl (C=O) groups is 2. The molecule has 1 atom stereocenters. The van der Waals surface area contributed by atoms with E-state index in [9.17, 15) is 9.59 Å². The number of hydrogen-bond acceptors (Lipinski definition) is 4. The van der Waals surface area contributed by atoms with E-state index < -0.39 is 0 Å². The molecule has 2 rings (SSSR count). The number of rotatable bonds is 3. The molecule has 5 nitrogen and oxygen atoms in total. The quantitative estimate of drug-likeness (QED) is 0.771. The van der Waals surface area contributed by atoms with E-state index in [0.717, 1.165) is 39.0 Å². The number of likely N-dealkylation sites (tertiary alicyclic amines) is 1. The predicted octanol–water partition coefficient (Wildman–Crippen LogP) is 0.752. The molecule has 2 heterocycles. The third kappa shape index (κ3) is 3.92. The Kier molecular flexibility index (Phi) is 5.54.